The van der Waals surface area contributed by atoms with Gasteiger partial charge < -0.3 is 15.5 Å². The van der Waals surface area contributed by atoms with Gasteiger partial charge >= 0.3 is 6.18 Å². The number of fused-ring (bicyclic) bond motifs is 3. The van der Waals surface area contributed by atoms with Gasteiger partial charge in [0.2, 0.25) is 0 Å². The van der Waals surface area contributed by atoms with E-state index in [2.05, 4.69) is 27.7 Å². The molecule has 3 nitrogen and oxygen atoms in total. The third-order valence-corrected chi connectivity index (χ3v) is 7.37. The number of piperidine rings is 1. The van der Waals surface area contributed by atoms with Gasteiger partial charge in [-0.25, -0.2) is 0 Å². The molecule has 0 spiro atoms. The molecule has 0 amide bonds. The summed E-state index contributed by atoms with van der Waals surface area (Å²) >= 11 is 8.11. The number of hydrogen-bond donors (Lipinski definition) is 2. The number of halogens is 4. The molecule has 1 fully saturated rings. The molecule has 0 unspecified atom stereocenters. The van der Waals surface area contributed by atoms with E-state index < -0.39 is 11.7 Å². The number of nitrogens with zero attached hydrogens (tertiary/aromatic N) is 1. The Kier molecular flexibility index (Phi) is 4.87. The molecule has 8 heteroatoms. The molecular formula is C21H21ClF3N3S. The van der Waals surface area contributed by atoms with Crippen LogP contribution >= 0.6 is 23.4 Å². The number of hydrogen-bond acceptors (Lipinski definition) is 4. The van der Waals surface area contributed by atoms with E-state index in [1.165, 1.54) is 22.9 Å². The van der Waals surface area contributed by atoms with Crippen molar-refractivity contribution in [2.24, 2.45) is 0 Å². The average Bonchev–Trinajstić information content (AvgIpc) is 2.84. The van der Waals surface area contributed by atoms with Crippen LogP contribution in [0.3, 0.4) is 0 Å². The van der Waals surface area contributed by atoms with Crippen molar-refractivity contribution in [2.75, 3.05) is 35.6 Å². The van der Waals surface area contributed by atoms with Gasteiger partial charge in [-0.3, -0.25) is 0 Å². The van der Waals surface area contributed by atoms with Gasteiger partial charge in [-0.1, -0.05) is 11.6 Å². The summed E-state index contributed by atoms with van der Waals surface area (Å²) in [5, 5.41) is 6.94. The van der Waals surface area contributed by atoms with E-state index in [9.17, 15) is 13.2 Å². The van der Waals surface area contributed by atoms with E-state index >= 15 is 0 Å². The summed E-state index contributed by atoms with van der Waals surface area (Å²) in [5.41, 5.74) is 4.27. The van der Waals surface area contributed by atoms with Gasteiger partial charge in [-0.15, -0.1) is 0 Å². The lowest BCUT2D eigenvalue weighted by Gasteiger charge is -2.33. The molecule has 2 aromatic carbocycles. The number of rotatable bonds is 2. The first-order valence-electron chi connectivity index (χ1n) is 9.77. The molecule has 2 atom stereocenters. The molecule has 2 aromatic rings. The van der Waals surface area contributed by atoms with Crippen LogP contribution in [-0.2, 0) is 11.9 Å². The quantitative estimate of drug-likeness (QED) is 0.635. The lowest BCUT2D eigenvalue weighted by Crippen LogP contribution is -2.44. The maximum absolute atomic E-state index is 13.1. The second-order valence-corrected chi connectivity index (χ2v) is 9.32. The molecular weight excluding hydrogens is 419 g/mol. The van der Waals surface area contributed by atoms with Gasteiger partial charge in [0.25, 0.3) is 0 Å². The minimum atomic E-state index is -4.40. The molecule has 3 aliphatic heterocycles. The predicted molar refractivity (Wildman–Crippen MR) is 114 cm³/mol. The normalized spacial score (nSPS) is 23.4. The Bertz CT molecular complexity index is 949. The van der Waals surface area contributed by atoms with Crippen molar-refractivity contribution in [2.45, 2.75) is 30.3 Å². The van der Waals surface area contributed by atoms with E-state index in [1.54, 1.807) is 0 Å². The fourth-order valence-electron chi connectivity index (χ4n) is 4.81. The lowest BCUT2D eigenvalue weighted by molar-refractivity contribution is -0.137. The van der Waals surface area contributed by atoms with E-state index in [-0.39, 0.29) is 10.7 Å². The van der Waals surface area contributed by atoms with Crippen molar-refractivity contribution in [3.05, 3.63) is 52.0 Å². The molecule has 3 heterocycles. The third-order valence-electron chi connectivity index (χ3n) is 6.06. The van der Waals surface area contributed by atoms with E-state index in [0.717, 1.165) is 55.4 Å². The van der Waals surface area contributed by atoms with Crippen molar-refractivity contribution in [1.82, 2.24) is 5.32 Å². The zero-order valence-corrected chi connectivity index (χ0v) is 17.2. The van der Waals surface area contributed by atoms with Gasteiger partial charge in [-0.2, -0.15) is 24.9 Å². The standard InChI is InChI=1S/C21H21ClF3N3S/c22-17-2-1-13(21(23,24)25)8-18(17)27-14-7-12-11-29-6-5-28-19-3-4-26-10-16(19)15(9-14)20(12)28/h1-2,7-9,16,19,26-27H,3-6,10-11H2/t16-,19-/m0/s1. The molecule has 29 heavy (non-hydrogen) atoms. The number of nitrogens with one attached hydrogen (secondary N) is 2. The summed E-state index contributed by atoms with van der Waals surface area (Å²) in [6.07, 6.45) is -3.29. The topological polar surface area (TPSA) is 27.3 Å². The first-order valence-corrected chi connectivity index (χ1v) is 11.3. The first-order chi connectivity index (χ1) is 13.9. The van der Waals surface area contributed by atoms with Crippen LogP contribution in [0.25, 0.3) is 0 Å². The van der Waals surface area contributed by atoms with Gasteiger partial charge in [0, 0.05) is 47.9 Å². The summed E-state index contributed by atoms with van der Waals surface area (Å²) in [4.78, 5) is 2.57. The molecule has 0 radical (unpaired) electrons. The van der Waals surface area contributed by atoms with Gasteiger partial charge in [0.15, 0.2) is 0 Å². The zero-order chi connectivity index (χ0) is 20.2. The maximum atomic E-state index is 13.1. The molecule has 1 saturated heterocycles. The fourth-order valence-corrected chi connectivity index (χ4v) is 5.89. The molecule has 0 aliphatic carbocycles. The van der Waals surface area contributed by atoms with Gasteiger partial charge in [0.1, 0.15) is 0 Å². The summed E-state index contributed by atoms with van der Waals surface area (Å²) < 4.78 is 39.4. The molecule has 2 N–H and O–H groups in total. The Morgan fingerprint density at radius 2 is 2.07 bits per heavy atom. The highest BCUT2D eigenvalue weighted by Gasteiger charge is 2.41. The Labute approximate surface area is 177 Å². The average molecular weight is 440 g/mol. The van der Waals surface area contributed by atoms with Gasteiger partial charge in [-0.05, 0) is 54.4 Å². The van der Waals surface area contributed by atoms with E-state index in [1.807, 2.05) is 11.8 Å². The highest BCUT2D eigenvalue weighted by atomic mass is 35.5. The van der Waals surface area contributed by atoms with Crippen molar-refractivity contribution >= 4 is 40.4 Å². The minimum absolute atomic E-state index is 0.276. The van der Waals surface area contributed by atoms with Crippen LogP contribution in [0.2, 0.25) is 5.02 Å². The Morgan fingerprint density at radius 1 is 1.21 bits per heavy atom. The summed E-state index contributed by atoms with van der Waals surface area (Å²) in [7, 11) is 0. The fraction of sp³-hybridized carbons (Fsp3) is 0.429. The van der Waals surface area contributed by atoms with Crippen LogP contribution in [0.4, 0.5) is 30.2 Å². The zero-order valence-electron chi connectivity index (χ0n) is 15.7. The van der Waals surface area contributed by atoms with E-state index in [0.29, 0.717) is 12.0 Å². The van der Waals surface area contributed by atoms with Crippen LogP contribution in [0.5, 0.6) is 0 Å². The summed E-state index contributed by atoms with van der Waals surface area (Å²) in [6.45, 7) is 3.02. The second kappa shape index (κ2) is 7.29. The van der Waals surface area contributed by atoms with Crippen molar-refractivity contribution in [3.63, 3.8) is 0 Å². The lowest BCUT2D eigenvalue weighted by atomic mass is 9.89. The van der Waals surface area contributed by atoms with Crippen LogP contribution in [0.1, 0.15) is 29.0 Å². The van der Waals surface area contributed by atoms with Gasteiger partial charge in [0.05, 0.1) is 16.3 Å². The molecule has 0 saturated carbocycles. The molecule has 0 aromatic heterocycles. The molecule has 5 rings (SSSR count). The van der Waals surface area contributed by atoms with Crippen molar-refractivity contribution in [1.29, 1.82) is 0 Å². The summed E-state index contributed by atoms with van der Waals surface area (Å²) in [6, 6.07) is 8.09. The highest BCUT2D eigenvalue weighted by molar-refractivity contribution is 7.98. The van der Waals surface area contributed by atoms with Crippen LogP contribution in [0, 0.1) is 0 Å². The number of benzene rings is 2. The number of anilines is 3. The highest BCUT2D eigenvalue weighted by Crippen LogP contribution is 2.49. The first kappa shape index (κ1) is 19.4. The van der Waals surface area contributed by atoms with Crippen molar-refractivity contribution < 1.29 is 13.2 Å². The van der Waals surface area contributed by atoms with Crippen LogP contribution < -0.4 is 15.5 Å². The number of thioether (sulfide) groups is 1. The van der Waals surface area contributed by atoms with Crippen LogP contribution in [-0.4, -0.2) is 31.4 Å². The third kappa shape index (κ3) is 3.47. The molecule has 154 valence electrons. The summed E-state index contributed by atoms with van der Waals surface area (Å²) in [5.74, 6) is 2.42. The predicted octanol–water partition coefficient (Wildman–Crippen LogP) is 5.61. The Morgan fingerprint density at radius 3 is 2.90 bits per heavy atom. The smallest absolute Gasteiger partial charge is 0.367 e. The minimum Gasteiger partial charge on any atom is -0.367 e. The van der Waals surface area contributed by atoms with E-state index in [4.69, 9.17) is 11.6 Å². The largest absolute Gasteiger partial charge is 0.416 e. The molecule has 0 bridgehead atoms. The Balaban J connectivity index is 1.55. The number of alkyl halides is 3. The molecule has 3 aliphatic rings. The second-order valence-electron chi connectivity index (χ2n) is 7.80. The Hall–Kier alpha value is -1.57. The SMILES string of the molecule is FC(F)(F)c1ccc(Cl)c(Nc2cc3c4c(c2)[C@@H]2CNCC[C@@H]2N4CCSC3)c1. The maximum Gasteiger partial charge on any atom is 0.416 e. The van der Waals surface area contributed by atoms with Crippen molar-refractivity contribution in [3.8, 4) is 0 Å². The van der Waals surface area contributed by atoms with Crippen LogP contribution in [0.15, 0.2) is 30.3 Å². The monoisotopic (exact) mass is 439 g/mol.